The van der Waals surface area contributed by atoms with Crippen molar-refractivity contribution in [1.29, 1.82) is 0 Å². The van der Waals surface area contributed by atoms with Gasteiger partial charge in [0.25, 0.3) is 0 Å². The average molecular weight is 308 g/mol. The Labute approximate surface area is 109 Å². The first-order chi connectivity index (χ1) is 7.11. The van der Waals surface area contributed by atoms with E-state index in [9.17, 15) is 0 Å². The van der Waals surface area contributed by atoms with Gasteiger partial charge in [-0.15, -0.1) is 11.6 Å². The lowest BCUT2D eigenvalue weighted by atomic mass is 9.90. The Morgan fingerprint density at radius 3 is 2.60 bits per heavy atom. The zero-order chi connectivity index (χ0) is 11.0. The summed E-state index contributed by atoms with van der Waals surface area (Å²) >= 11 is 16.1. The molecule has 1 aromatic carbocycles. The van der Waals surface area contributed by atoms with Crippen molar-refractivity contribution in [3.63, 3.8) is 0 Å². The van der Waals surface area contributed by atoms with E-state index in [-0.39, 0.29) is 5.38 Å². The first-order valence-electron chi connectivity index (χ1n) is 5.19. The smallest absolute Gasteiger partial charge is 0.0452 e. The maximum atomic E-state index is 6.25. The Hall–Kier alpha value is 0.280. The van der Waals surface area contributed by atoms with E-state index in [1.807, 2.05) is 12.1 Å². The van der Waals surface area contributed by atoms with E-state index in [4.69, 9.17) is 23.2 Å². The largest absolute Gasteiger partial charge is 0.123 e. The highest BCUT2D eigenvalue weighted by Crippen LogP contribution is 2.46. The molecule has 3 atom stereocenters. The van der Waals surface area contributed by atoms with Gasteiger partial charge < -0.3 is 0 Å². The summed E-state index contributed by atoms with van der Waals surface area (Å²) in [5.74, 6) is 0.999. The molecule has 1 aliphatic carbocycles. The van der Waals surface area contributed by atoms with Crippen LogP contribution in [0.4, 0.5) is 0 Å². The molecule has 1 aliphatic rings. The van der Waals surface area contributed by atoms with Crippen LogP contribution in [0, 0.1) is 5.92 Å². The fourth-order valence-corrected chi connectivity index (χ4v) is 3.78. The fraction of sp³-hybridized carbons (Fsp3) is 0.500. The molecule has 82 valence electrons. The van der Waals surface area contributed by atoms with Crippen LogP contribution in [-0.2, 0) is 0 Å². The van der Waals surface area contributed by atoms with E-state index in [0.29, 0.717) is 11.8 Å². The highest BCUT2D eigenvalue weighted by atomic mass is 79.9. The van der Waals surface area contributed by atoms with E-state index in [1.54, 1.807) is 0 Å². The summed E-state index contributed by atoms with van der Waals surface area (Å²) in [5, 5.41) is 1.14. The van der Waals surface area contributed by atoms with Crippen molar-refractivity contribution in [1.82, 2.24) is 0 Å². The van der Waals surface area contributed by atoms with Crippen LogP contribution in [-0.4, -0.2) is 5.38 Å². The Balaban J connectivity index is 2.38. The van der Waals surface area contributed by atoms with Crippen molar-refractivity contribution in [2.45, 2.75) is 31.1 Å². The van der Waals surface area contributed by atoms with Gasteiger partial charge in [-0.05, 0) is 42.4 Å². The topological polar surface area (TPSA) is 0 Å². The predicted molar refractivity (Wildman–Crippen MR) is 69.9 cm³/mol. The SMILES string of the molecule is CC1C(Cl)CCC1c1c(Cl)cccc1Br. The van der Waals surface area contributed by atoms with Gasteiger partial charge in [-0.2, -0.15) is 0 Å². The van der Waals surface area contributed by atoms with E-state index in [2.05, 4.69) is 28.9 Å². The van der Waals surface area contributed by atoms with Crippen LogP contribution in [0.5, 0.6) is 0 Å². The normalized spacial score (nSPS) is 30.8. The lowest BCUT2D eigenvalue weighted by molar-refractivity contribution is 0.536. The third-order valence-electron chi connectivity index (χ3n) is 3.33. The molecule has 0 spiro atoms. The van der Waals surface area contributed by atoms with E-state index in [1.165, 1.54) is 5.56 Å². The van der Waals surface area contributed by atoms with E-state index >= 15 is 0 Å². The van der Waals surface area contributed by atoms with Crippen LogP contribution >= 0.6 is 39.1 Å². The standard InChI is InChI=1S/C12H13BrCl2/c1-7-8(5-6-10(7)14)12-9(13)3-2-4-11(12)15/h2-4,7-8,10H,5-6H2,1H3. The first-order valence-corrected chi connectivity index (χ1v) is 6.80. The van der Waals surface area contributed by atoms with Crippen LogP contribution in [0.2, 0.25) is 5.02 Å². The maximum absolute atomic E-state index is 6.25. The maximum Gasteiger partial charge on any atom is 0.0452 e. The number of rotatable bonds is 1. The molecule has 0 aromatic heterocycles. The van der Waals surface area contributed by atoms with Crippen LogP contribution in [0.3, 0.4) is 0 Å². The summed E-state index contributed by atoms with van der Waals surface area (Å²) in [6, 6.07) is 5.97. The number of halogens is 3. The van der Waals surface area contributed by atoms with Gasteiger partial charge in [0.2, 0.25) is 0 Å². The Kier molecular flexibility index (Phi) is 3.64. The van der Waals surface area contributed by atoms with Crippen LogP contribution in [0.15, 0.2) is 22.7 Å². The summed E-state index contributed by atoms with van der Waals surface area (Å²) in [7, 11) is 0. The molecule has 0 amide bonds. The van der Waals surface area contributed by atoms with Crippen molar-refractivity contribution >= 4 is 39.1 Å². The molecular weight excluding hydrogens is 295 g/mol. The minimum Gasteiger partial charge on any atom is -0.123 e. The summed E-state index contributed by atoms with van der Waals surface area (Å²) in [6.07, 6.45) is 2.22. The predicted octanol–water partition coefficient (Wildman–Crippen LogP) is 5.22. The monoisotopic (exact) mass is 306 g/mol. The Bertz CT molecular complexity index is 344. The van der Waals surface area contributed by atoms with Crippen molar-refractivity contribution in [3.05, 3.63) is 33.3 Å². The minimum atomic E-state index is 0.290. The third-order valence-corrected chi connectivity index (χ3v) is 4.97. The molecule has 1 saturated carbocycles. The lowest BCUT2D eigenvalue weighted by Crippen LogP contribution is -2.10. The van der Waals surface area contributed by atoms with Crippen molar-refractivity contribution < 1.29 is 0 Å². The Morgan fingerprint density at radius 2 is 2.07 bits per heavy atom. The lowest BCUT2D eigenvalue weighted by Gasteiger charge is -2.20. The molecule has 3 unspecified atom stereocenters. The summed E-state index contributed by atoms with van der Waals surface area (Å²) < 4.78 is 1.11. The number of hydrogen-bond donors (Lipinski definition) is 0. The minimum absolute atomic E-state index is 0.290. The molecule has 0 radical (unpaired) electrons. The van der Waals surface area contributed by atoms with Gasteiger partial charge in [0.1, 0.15) is 0 Å². The highest BCUT2D eigenvalue weighted by molar-refractivity contribution is 9.10. The second kappa shape index (κ2) is 4.65. The number of benzene rings is 1. The molecule has 1 aromatic rings. The molecule has 0 heterocycles. The van der Waals surface area contributed by atoms with Gasteiger partial charge in [-0.3, -0.25) is 0 Å². The van der Waals surface area contributed by atoms with E-state index < -0.39 is 0 Å². The first kappa shape index (κ1) is 11.8. The summed E-state index contributed by atoms with van der Waals surface area (Å²) in [5.41, 5.74) is 1.23. The average Bonchev–Trinajstić information content (AvgIpc) is 2.49. The van der Waals surface area contributed by atoms with Crippen LogP contribution in [0.1, 0.15) is 31.2 Å². The fourth-order valence-electron chi connectivity index (χ4n) is 2.39. The van der Waals surface area contributed by atoms with Gasteiger partial charge >= 0.3 is 0 Å². The molecule has 3 heteroatoms. The second-order valence-electron chi connectivity index (χ2n) is 4.19. The molecule has 1 fully saturated rings. The van der Waals surface area contributed by atoms with Gasteiger partial charge in [0, 0.05) is 14.9 Å². The highest BCUT2D eigenvalue weighted by Gasteiger charge is 2.34. The molecule has 0 nitrogen and oxygen atoms in total. The third kappa shape index (κ3) is 2.20. The van der Waals surface area contributed by atoms with Crippen molar-refractivity contribution in [3.8, 4) is 0 Å². The van der Waals surface area contributed by atoms with Gasteiger partial charge in [0.05, 0.1) is 0 Å². The molecule has 0 bridgehead atoms. The molecule has 0 aliphatic heterocycles. The second-order valence-corrected chi connectivity index (χ2v) is 6.02. The quantitative estimate of drug-likeness (QED) is 0.624. The molecule has 0 N–H and O–H groups in total. The summed E-state index contributed by atoms with van der Waals surface area (Å²) in [6.45, 7) is 2.21. The summed E-state index contributed by atoms with van der Waals surface area (Å²) in [4.78, 5) is 0. The zero-order valence-corrected chi connectivity index (χ0v) is 11.6. The molecular formula is C12H13BrCl2. The number of hydrogen-bond acceptors (Lipinski definition) is 0. The van der Waals surface area contributed by atoms with Gasteiger partial charge in [-0.25, -0.2) is 0 Å². The van der Waals surface area contributed by atoms with Crippen molar-refractivity contribution in [2.75, 3.05) is 0 Å². The van der Waals surface area contributed by atoms with E-state index in [0.717, 1.165) is 22.3 Å². The molecule has 0 saturated heterocycles. The number of alkyl halides is 1. The molecule has 15 heavy (non-hydrogen) atoms. The zero-order valence-electron chi connectivity index (χ0n) is 8.51. The van der Waals surface area contributed by atoms with Crippen LogP contribution in [0.25, 0.3) is 0 Å². The van der Waals surface area contributed by atoms with Gasteiger partial charge in [-0.1, -0.05) is 40.5 Å². The van der Waals surface area contributed by atoms with Crippen LogP contribution < -0.4 is 0 Å². The Morgan fingerprint density at radius 1 is 1.33 bits per heavy atom. The van der Waals surface area contributed by atoms with Crippen molar-refractivity contribution in [2.24, 2.45) is 5.92 Å². The molecule has 2 rings (SSSR count). The van der Waals surface area contributed by atoms with Gasteiger partial charge in [0.15, 0.2) is 0 Å².